The quantitative estimate of drug-likeness (QED) is 0.555. The summed E-state index contributed by atoms with van der Waals surface area (Å²) in [5.74, 6) is -0.261. The molecule has 1 amide bonds. The summed E-state index contributed by atoms with van der Waals surface area (Å²) in [4.78, 5) is 30.1. The van der Waals surface area contributed by atoms with Crippen molar-refractivity contribution in [2.75, 3.05) is 20.2 Å². The highest BCUT2D eigenvalue weighted by molar-refractivity contribution is 5.97. The van der Waals surface area contributed by atoms with Crippen LogP contribution in [-0.2, 0) is 20.7 Å². The largest absolute Gasteiger partial charge is 0.469 e. The van der Waals surface area contributed by atoms with Gasteiger partial charge in [-0.25, -0.2) is 4.79 Å². The molecule has 1 saturated heterocycles. The molecule has 2 atom stereocenters. The SMILES string of the molecule is COC(=O)CC1CCCN1CC(O)C(Cc1ccccc1)=NC(=O)OC(C)(C)C. The molecule has 0 radical (unpaired) electrons. The number of carbonyl (C=O) groups excluding carboxylic acids is 2. The van der Waals surface area contributed by atoms with E-state index in [0.29, 0.717) is 25.1 Å². The Kier molecular flexibility index (Phi) is 8.34. The van der Waals surface area contributed by atoms with Crippen molar-refractivity contribution in [2.24, 2.45) is 4.99 Å². The molecular weight excluding hydrogens is 372 g/mol. The number of benzene rings is 1. The lowest BCUT2D eigenvalue weighted by molar-refractivity contribution is -0.141. The lowest BCUT2D eigenvalue weighted by Gasteiger charge is -2.27. The van der Waals surface area contributed by atoms with Crippen LogP contribution in [0.1, 0.15) is 45.6 Å². The molecule has 0 aromatic heterocycles. The highest BCUT2D eigenvalue weighted by Crippen LogP contribution is 2.21. The van der Waals surface area contributed by atoms with Crippen LogP contribution < -0.4 is 0 Å². The standard InChI is InChI=1S/C22H32N2O5/c1-22(2,3)29-21(27)23-18(13-16-9-6-5-7-10-16)19(25)15-24-12-8-11-17(24)14-20(26)28-4/h5-7,9-10,17,19,25H,8,11-15H2,1-4H3. The van der Waals surface area contributed by atoms with E-state index in [1.807, 2.05) is 30.3 Å². The second-order valence-corrected chi connectivity index (χ2v) is 8.33. The number of nitrogens with zero attached hydrogens (tertiary/aromatic N) is 2. The fourth-order valence-corrected chi connectivity index (χ4v) is 3.41. The first-order valence-electron chi connectivity index (χ1n) is 10.0. The van der Waals surface area contributed by atoms with Crippen molar-refractivity contribution in [3.05, 3.63) is 35.9 Å². The Morgan fingerprint density at radius 2 is 1.97 bits per heavy atom. The molecule has 0 aliphatic carbocycles. The Bertz CT molecular complexity index is 712. The van der Waals surface area contributed by atoms with Crippen LogP contribution in [0.3, 0.4) is 0 Å². The number of β-amino-alcohol motifs (C(OH)–C–C–N with tert-alkyl or cyclic N) is 1. The predicted octanol–water partition coefficient (Wildman–Crippen LogP) is 2.99. The molecule has 1 N–H and O–H groups in total. The highest BCUT2D eigenvalue weighted by Gasteiger charge is 2.30. The number of hydrogen-bond acceptors (Lipinski definition) is 6. The minimum atomic E-state index is -0.944. The molecule has 0 bridgehead atoms. The van der Waals surface area contributed by atoms with Gasteiger partial charge in [-0.05, 0) is 45.7 Å². The smallest absolute Gasteiger partial charge is 0.434 e. The third-order valence-corrected chi connectivity index (χ3v) is 4.78. The summed E-state index contributed by atoms with van der Waals surface area (Å²) in [7, 11) is 1.38. The van der Waals surface area contributed by atoms with Crippen molar-refractivity contribution in [1.29, 1.82) is 0 Å². The molecule has 7 nitrogen and oxygen atoms in total. The third-order valence-electron chi connectivity index (χ3n) is 4.78. The molecule has 1 heterocycles. The number of esters is 1. The first kappa shape index (κ1) is 23.0. The molecule has 160 valence electrons. The van der Waals surface area contributed by atoms with Gasteiger partial charge in [-0.3, -0.25) is 9.69 Å². The van der Waals surface area contributed by atoms with Gasteiger partial charge in [0.25, 0.3) is 0 Å². The van der Waals surface area contributed by atoms with E-state index < -0.39 is 17.8 Å². The molecule has 1 aliphatic heterocycles. The maximum Gasteiger partial charge on any atom is 0.434 e. The average molecular weight is 405 g/mol. The van der Waals surface area contributed by atoms with Crippen molar-refractivity contribution >= 4 is 17.8 Å². The number of ether oxygens (including phenoxy) is 2. The summed E-state index contributed by atoms with van der Waals surface area (Å²) in [6, 6.07) is 9.59. The summed E-state index contributed by atoms with van der Waals surface area (Å²) < 4.78 is 10.1. The monoisotopic (exact) mass is 404 g/mol. The molecule has 1 fully saturated rings. The molecule has 2 unspecified atom stereocenters. The summed E-state index contributed by atoms with van der Waals surface area (Å²) >= 11 is 0. The molecule has 29 heavy (non-hydrogen) atoms. The summed E-state index contributed by atoms with van der Waals surface area (Å²) in [5.41, 5.74) is 0.639. The molecule has 1 aromatic carbocycles. The first-order chi connectivity index (χ1) is 13.7. The van der Waals surface area contributed by atoms with Crippen molar-refractivity contribution in [2.45, 2.75) is 64.2 Å². The van der Waals surface area contributed by atoms with Crippen LogP contribution in [0, 0.1) is 0 Å². The van der Waals surface area contributed by atoms with Crippen LogP contribution in [0.15, 0.2) is 35.3 Å². The molecule has 0 spiro atoms. The Balaban J connectivity index is 2.14. The van der Waals surface area contributed by atoms with Crippen LogP contribution in [0.25, 0.3) is 0 Å². The number of aliphatic hydroxyl groups is 1. The number of rotatable bonds is 7. The minimum absolute atomic E-state index is 0.0246. The maximum absolute atomic E-state index is 12.3. The zero-order valence-corrected chi connectivity index (χ0v) is 17.8. The van der Waals surface area contributed by atoms with Crippen LogP contribution in [0.2, 0.25) is 0 Å². The van der Waals surface area contributed by atoms with Gasteiger partial charge in [0.1, 0.15) is 11.7 Å². The Morgan fingerprint density at radius 1 is 1.28 bits per heavy atom. The number of carbonyl (C=O) groups is 2. The Morgan fingerprint density at radius 3 is 2.59 bits per heavy atom. The van der Waals surface area contributed by atoms with Gasteiger partial charge in [0, 0.05) is 19.0 Å². The fourth-order valence-electron chi connectivity index (χ4n) is 3.41. The van der Waals surface area contributed by atoms with Gasteiger partial charge in [0.05, 0.1) is 19.2 Å². The van der Waals surface area contributed by atoms with E-state index in [4.69, 9.17) is 9.47 Å². The van der Waals surface area contributed by atoms with E-state index >= 15 is 0 Å². The highest BCUT2D eigenvalue weighted by atomic mass is 16.6. The summed E-state index contributed by atoms with van der Waals surface area (Å²) in [6.45, 7) is 6.40. The van der Waals surface area contributed by atoms with E-state index in [2.05, 4.69) is 9.89 Å². The van der Waals surface area contributed by atoms with Gasteiger partial charge in [-0.1, -0.05) is 30.3 Å². The molecule has 1 aliphatic rings. The van der Waals surface area contributed by atoms with E-state index in [1.165, 1.54) is 7.11 Å². The van der Waals surface area contributed by atoms with Crippen LogP contribution >= 0.6 is 0 Å². The van der Waals surface area contributed by atoms with Crippen molar-refractivity contribution < 1.29 is 24.2 Å². The molecule has 0 saturated carbocycles. The second-order valence-electron chi connectivity index (χ2n) is 8.33. The molecule has 1 aromatic rings. The number of aliphatic imine (C=N–C) groups is 1. The van der Waals surface area contributed by atoms with E-state index in [1.54, 1.807) is 20.8 Å². The molecule has 2 rings (SSSR count). The predicted molar refractivity (Wildman–Crippen MR) is 111 cm³/mol. The minimum Gasteiger partial charge on any atom is -0.469 e. The number of aliphatic hydroxyl groups excluding tert-OH is 1. The van der Waals surface area contributed by atoms with Crippen LogP contribution in [-0.4, -0.2) is 65.7 Å². The number of hydrogen-bond donors (Lipinski definition) is 1. The van der Waals surface area contributed by atoms with Crippen LogP contribution in [0.5, 0.6) is 0 Å². The average Bonchev–Trinajstić information content (AvgIpc) is 3.07. The van der Waals surface area contributed by atoms with E-state index in [-0.39, 0.29) is 12.0 Å². The van der Waals surface area contributed by atoms with Gasteiger partial charge in [-0.2, -0.15) is 4.99 Å². The van der Waals surface area contributed by atoms with Gasteiger partial charge < -0.3 is 14.6 Å². The normalized spacial score (nSPS) is 19.1. The number of methoxy groups -OCH3 is 1. The van der Waals surface area contributed by atoms with Crippen molar-refractivity contribution in [1.82, 2.24) is 4.90 Å². The van der Waals surface area contributed by atoms with Crippen LogP contribution in [0.4, 0.5) is 4.79 Å². The van der Waals surface area contributed by atoms with E-state index in [9.17, 15) is 14.7 Å². The fraction of sp³-hybridized carbons (Fsp3) is 0.591. The second kappa shape index (κ2) is 10.5. The first-order valence-corrected chi connectivity index (χ1v) is 10.0. The number of amides is 1. The maximum atomic E-state index is 12.3. The van der Waals surface area contributed by atoms with Gasteiger partial charge in [-0.15, -0.1) is 0 Å². The summed E-state index contributed by atoms with van der Waals surface area (Å²) in [6.07, 6.45) is 0.804. The lowest BCUT2D eigenvalue weighted by atomic mass is 10.0. The van der Waals surface area contributed by atoms with Crippen molar-refractivity contribution in [3.63, 3.8) is 0 Å². The topological polar surface area (TPSA) is 88.4 Å². The third kappa shape index (κ3) is 7.95. The Labute approximate surface area is 172 Å². The van der Waals surface area contributed by atoms with E-state index in [0.717, 1.165) is 24.9 Å². The van der Waals surface area contributed by atoms with Crippen molar-refractivity contribution in [3.8, 4) is 0 Å². The zero-order valence-electron chi connectivity index (χ0n) is 17.8. The molecule has 7 heteroatoms. The Hall–Kier alpha value is -2.25. The van der Waals surface area contributed by atoms with Gasteiger partial charge in [0.15, 0.2) is 0 Å². The summed E-state index contributed by atoms with van der Waals surface area (Å²) in [5, 5.41) is 10.9. The lowest BCUT2D eigenvalue weighted by Crippen LogP contribution is -2.41. The number of likely N-dealkylation sites (tertiary alicyclic amines) is 1. The van der Waals surface area contributed by atoms with Gasteiger partial charge in [0.2, 0.25) is 0 Å². The molecular formula is C22H32N2O5. The van der Waals surface area contributed by atoms with Gasteiger partial charge >= 0.3 is 12.1 Å². The zero-order chi connectivity index (χ0) is 21.4.